The van der Waals surface area contributed by atoms with Gasteiger partial charge in [0.1, 0.15) is 34.5 Å². The Morgan fingerprint density at radius 2 is 1.77 bits per heavy atom. The van der Waals surface area contributed by atoms with Crippen molar-refractivity contribution in [3.8, 4) is 11.5 Å². The molecule has 2 amide bonds. The van der Waals surface area contributed by atoms with Crippen molar-refractivity contribution in [3.05, 3.63) is 101 Å². The first-order valence-corrected chi connectivity index (χ1v) is 15.9. The van der Waals surface area contributed by atoms with Crippen LogP contribution in [0.15, 0.2) is 84.2 Å². The second-order valence-corrected chi connectivity index (χ2v) is 13.2. The van der Waals surface area contributed by atoms with Crippen LogP contribution in [0, 0.1) is 0 Å². The molecule has 0 saturated heterocycles. The van der Waals surface area contributed by atoms with E-state index < -0.39 is 41.4 Å². The van der Waals surface area contributed by atoms with E-state index in [-0.39, 0.29) is 12.4 Å². The number of carbonyl (C=O) groups is 3. The number of benzene rings is 2. The van der Waals surface area contributed by atoms with Crippen molar-refractivity contribution >= 4 is 23.9 Å². The van der Waals surface area contributed by atoms with E-state index in [9.17, 15) is 14.4 Å². The average Bonchev–Trinajstić information content (AvgIpc) is 3.03. The van der Waals surface area contributed by atoms with Gasteiger partial charge in [0.15, 0.2) is 5.78 Å². The van der Waals surface area contributed by atoms with Gasteiger partial charge in [-0.3, -0.25) is 9.59 Å². The Hall–Kier alpha value is -4.83. The Bertz CT molecular complexity index is 1610. The second-order valence-electron chi connectivity index (χ2n) is 13.2. The van der Waals surface area contributed by atoms with Crippen LogP contribution in [0.5, 0.6) is 11.5 Å². The fourth-order valence-corrected chi connectivity index (χ4v) is 5.23. The first kappa shape index (κ1) is 36.0. The summed E-state index contributed by atoms with van der Waals surface area (Å²) >= 11 is 0. The molecule has 2 aliphatic rings. The molecule has 10 heteroatoms. The van der Waals surface area contributed by atoms with Gasteiger partial charge in [0.05, 0.1) is 44.1 Å². The highest BCUT2D eigenvalue weighted by Gasteiger charge is 2.33. The van der Waals surface area contributed by atoms with Crippen LogP contribution in [-0.2, 0) is 25.6 Å². The summed E-state index contributed by atoms with van der Waals surface area (Å²) in [4.78, 5) is 40.0. The molecule has 0 saturated carbocycles. The van der Waals surface area contributed by atoms with Crippen molar-refractivity contribution < 1.29 is 38.1 Å². The van der Waals surface area contributed by atoms with Gasteiger partial charge >= 0.3 is 6.09 Å². The smallest absolute Gasteiger partial charge is 0.408 e. The van der Waals surface area contributed by atoms with Crippen molar-refractivity contribution in [2.75, 3.05) is 14.2 Å². The highest BCUT2D eigenvalue weighted by Crippen LogP contribution is 2.40. The molecule has 0 spiro atoms. The number of hydrogen-bond acceptors (Lipinski definition) is 8. The van der Waals surface area contributed by atoms with Crippen LogP contribution >= 0.6 is 0 Å². The van der Waals surface area contributed by atoms with E-state index in [1.165, 1.54) is 13.2 Å². The van der Waals surface area contributed by atoms with E-state index in [1.807, 2.05) is 62.4 Å². The molecule has 0 aromatic heterocycles. The minimum absolute atomic E-state index is 0.242. The molecule has 0 bridgehead atoms. The Balaban J connectivity index is 1.49. The predicted octanol–water partition coefficient (Wildman–Crippen LogP) is 6.46. The van der Waals surface area contributed by atoms with Crippen LogP contribution in [-0.4, -0.2) is 61.4 Å². The molecule has 2 N–H and O–H groups in total. The molecule has 48 heavy (non-hydrogen) atoms. The highest BCUT2D eigenvalue weighted by molar-refractivity contribution is 6.08. The van der Waals surface area contributed by atoms with E-state index in [2.05, 4.69) is 10.6 Å². The third kappa shape index (κ3) is 9.60. The summed E-state index contributed by atoms with van der Waals surface area (Å²) in [5, 5.41) is 5.68. The number of alkyl carbamates (subject to hydrolysis) is 1. The van der Waals surface area contributed by atoms with Crippen molar-refractivity contribution in [3.63, 3.8) is 0 Å². The molecule has 3 unspecified atom stereocenters. The quantitative estimate of drug-likeness (QED) is 0.197. The summed E-state index contributed by atoms with van der Waals surface area (Å²) in [6, 6.07) is 11.3. The number of fused-ring (bicyclic) bond motifs is 1. The molecular formula is C38H46N2O8. The maximum atomic E-state index is 13.8. The third-order valence-electron chi connectivity index (χ3n) is 7.68. The summed E-state index contributed by atoms with van der Waals surface area (Å²) in [6.45, 7) is 11.0. The predicted molar refractivity (Wildman–Crippen MR) is 184 cm³/mol. The first-order chi connectivity index (χ1) is 22.7. The van der Waals surface area contributed by atoms with Crippen molar-refractivity contribution in [2.24, 2.45) is 0 Å². The zero-order chi connectivity index (χ0) is 35.1. The van der Waals surface area contributed by atoms with Crippen LogP contribution in [0.1, 0.15) is 69.4 Å². The standard InChI is InChI=1S/C38H46N2O8/c1-24(46-23-26-12-10-9-11-13-26)33(40-36(43)48-37(2,3)4)35(42)39-29-22-25(15-18-32(29)45-8)14-17-30(41)27-16-19-31(44-7)28-20-21-38(5,6)47-34(27)28/h9-21,24,29,33H,22-23H2,1-8H3,(H,39,42)(H,40,43). The minimum atomic E-state index is -1.08. The van der Waals surface area contributed by atoms with Gasteiger partial charge in [-0.2, -0.15) is 0 Å². The number of amides is 2. The van der Waals surface area contributed by atoms with Gasteiger partial charge in [-0.15, -0.1) is 0 Å². The van der Waals surface area contributed by atoms with E-state index in [0.29, 0.717) is 34.8 Å². The van der Waals surface area contributed by atoms with Crippen molar-refractivity contribution in [1.29, 1.82) is 0 Å². The molecule has 1 aliphatic heterocycles. The molecule has 10 nitrogen and oxygen atoms in total. The zero-order valence-electron chi connectivity index (χ0n) is 28.9. The summed E-state index contributed by atoms with van der Waals surface area (Å²) in [5.74, 6) is 0.880. The fraction of sp³-hybridized carbons (Fsp3) is 0.395. The summed E-state index contributed by atoms with van der Waals surface area (Å²) in [5.41, 5.74) is 1.48. The Morgan fingerprint density at radius 1 is 1.04 bits per heavy atom. The number of allylic oxidation sites excluding steroid dienone is 4. The lowest BCUT2D eigenvalue weighted by molar-refractivity contribution is -0.128. The number of hydrogen-bond donors (Lipinski definition) is 2. The van der Waals surface area contributed by atoms with Crippen LogP contribution < -0.4 is 20.1 Å². The second kappa shape index (κ2) is 15.4. The number of rotatable bonds is 12. The lowest BCUT2D eigenvalue weighted by Gasteiger charge is -2.30. The van der Waals surface area contributed by atoms with Crippen molar-refractivity contribution in [2.45, 2.75) is 84.0 Å². The minimum Gasteiger partial charge on any atom is -0.499 e. The van der Waals surface area contributed by atoms with Gasteiger partial charge in [0.2, 0.25) is 5.91 Å². The Kier molecular flexibility index (Phi) is 11.5. The Morgan fingerprint density at radius 3 is 2.44 bits per heavy atom. The molecule has 0 fully saturated rings. The van der Waals surface area contributed by atoms with E-state index in [0.717, 1.165) is 11.1 Å². The number of methoxy groups -OCH3 is 2. The van der Waals surface area contributed by atoms with E-state index in [1.54, 1.807) is 59.1 Å². The molecule has 2 aromatic carbocycles. The normalized spacial score (nSPS) is 18.0. The van der Waals surface area contributed by atoms with Gasteiger partial charge in [-0.25, -0.2) is 4.79 Å². The molecule has 2 aromatic rings. The fourth-order valence-electron chi connectivity index (χ4n) is 5.23. The lowest BCUT2D eigenvalue weighted by atomic mass is 9.95. The third-order valence-corrected chi connectivity index (χ3v) is 7.68. The first-order valence-electron chi connectivity index (χ1n) is 15.9. The maximum Gasteiger partial charge on any atom is 0.408 e. The van der Waals surface area contributed by atoms with E-state index in [4.69, 9.17) is 23.7 Å². The molecule has 0 radical (unpaired) electrons. The van der Waals surface area contributed by atoms with Gasteiger partial charge < -0.3 is 34.3 Å². The van der Waals surface area contributed by atoms with Crippen molar-refractivity contribution in [1.82, 2.24) is 10.6 Å². The van der Waals surface area contributed by atoms with Crippen LogP contribution in [0.3, 0.4) is 0 Å². The molecule has 1 heterocycles. The van der Waals surface area contributed by atoms with Crippen LogP contribution in [0.25, 0.3) is 6.08 Å². The molecule has 256 valence electrons. The van der Waals surface area contributed by atoms with Gasteiger partial charge in [-0.1, -0.05) is 42.5 Å². The number of carbonyl (C=O) groups excluding carboxylic acids is 3. The SMILES string of the molecule is COC1=CC=C(C=CC(=O)c2ccc(OC)c3c2OC(C)(C)C=C3)CC1NC(=O)C(NC(=O)OC(C)(C)C)C(C)OCc1ccccc1. The number of ketones is 1. The average molecular weight is 659 g/mol. The molecule has 3 atom stereocenters. The molecule has 1 aliphatic carbocycles. The highest BCUT2D eigenvalue weighted by atomic mass is 16.6. The number of ether oxygens (including phenoxy) is 5. The number of nitrogens with one attached hydrogen (secondary N) is 2. The topological polar surface area (TPSA) is 121 Å². The lowest BCUT2D eigenvalue weighted by Crippen LogP contribution is -2.56. The van der Waals surface area contributed by atoms with Crippen LogP contribution in [0.4, 0.5) is 4.79 Å². The summed E-state index contributed by atoms with van der Waals surface area (Å²) < 4.78 is 28.7. The molecular weight excluding hydrogens is 612 g/mol. The largest absolute Gasteiger partial charge is 0.499 e. The van der Waals surface area contributed by atoms with Crippen LogP contribution in [0.2, 0.25) is 0 Å². The summed E-state index contributed by atoms with van der Waals surface area (Å²) in [6.07, 6.45) is 9.50. The van der Waals surface area contributed by atoms with Gasteiger partial charge in [-0.05, 0) is 95.5 Å². The summed E-state index contributed by atoms with van der Waals surface area (Å²) in [7, 11) is 3.10. The molecule has 4 rings (SSSR count). The maximum absolute atomic E-state index is 13.8. The zero-order valence-corrected chi connectivity index (χ0v) is 28.9. The Labute approximate surface area is 282 Å². The van der Waals surface area contributed by atoms with Gasteiger partial charge in [0, 0.05) is 0 Å². The monoisotopic (exact) mass is 658 g/mol. The van der Waals surface area contributed by atoms with Gasteiger partial charge in [0.25, 0.3) is 0 Å². The van der Waals surface area contributed by atoms with E-state index >= 15 is 0 Å².